The molecule has 1 aromatic carbocycles. The number of ether oxygens (including phenoxy) is 1. The first-order valence-electron chi connectivity index (χ1n) is 10.4. The Hall–Kier alpha value is -2.44. The molecule has 4 rings (SSSR count). The van der Waals surface area contributed by atoms with Crippen molar-refractivity contribution in [1.29, 1.82) is 0 Å². The number of rotatable bonds is 7. The maximum absolute atomic E-state index is 12.5. The molecule has 0 amide bonds. The van der Waals surface area contributed by atoms with E-state index in [0.717, 1.165) is 40.8 Å². The van der Waals surface area contributed by atoms with Gasteiger partial charge in [-0.15, -0.1) is 0 Å². The molecule has 0 bridgehead atoms. The summed E-state index contributed by atoms with van der Waals surface area (Å²) in [6.07, 6.45) is 6.63. The first-order chi connectivity index (χ1) is 14.5. The van der Waals surface area contributed by atoms with Gasteiger partial charge in [-0.1, -0.05) is 43.2 Å². The molecule has 6 heteroatoms. The number of benzene rings is 1. The molecule has 1 fully saturated rings. The lowest BCUT2D eigenvalue weighted by molar-refractivity contribution is 0.118. The highest BCUT2D eigenvalue weighted by atomic mass is 32.2. The normalized spacial score (nSPS) is 23.0. The van der Waals surface area contributed by atoms with Crippen LogP contribution in [0.3, 0.4) is 0 Å². The standard InChI is InChI=1S/C24H27NO4S/c1-2-7-19-16-30(27,28)23-15-29-22(24(19)23)12-11-17(20-9-5-6-13-25-20)14-18-8-3-4-10-21(18)26/h3-6,8-10,13-14,22-23,26H,2,7,11-12,15-16H2,1H3/b17-14-/t22-,23+/m1/s1. The molecule has 2 aliphatic rings. The van der Waals surface area contributed by atoms with Crippen LogP contribution in [0.2, 0.25) is 0 Å². The zero-order valence-corrected chi connectivity index (χ0v) is 17.9. The van der Waals surface area contributed by atoms with E-state index in [2.05, 4.69) is 11.9 Å². The Balaban J connectivity index is 1.61. The van der Waals surface area contributed by atoms with Crippen LogP contribution in [0, 0.1) is 0 Å². The van der Waals surface area contributed by atoms with Crippen molar-refractivity contribution in [3.8, 4) is 5.75 Å². The van der Waals surface area contributed by atoms with Crippen molar-refractivity contribution in [2.24, 2.45) is 0 Å². The Labute approximate surface area is 178 Å². The molecular formula is C24H27NO4S. The van der Waals surface area contributed by atoms with Gasteiger partial charge in [-0.3, -0.25) is 4.98 Å². The molecule has 2 aromatic rings. The number of sulfone groups is 1. The van der Waals surface area contributed by atoms with Gasteiger partial charge in [0.15, 0.2) is 9.84 Å². The molecule has 158 valence electrons. The Morgan fingerprint density at radius 2 is 2.03 bits per heavy atom. The molecule has 0 spiro atoms. The molecular weight excluding hydrogens is 398 g/mol. The van der Waals surface area contributed by atoms with Crippen molar-refractivity contribution in [1.82, 2.24) is 4.98 Å². The summed E-state index contributed by atoms with van der Waals surface area (Å²) in [6, 6.07) is 13.0. The van der Waals surface area contributed by atoms with Gasteiger partial charge >= 0.3 is 0 Å². The van der Waals surface area contributed by atoms with Gasteiger partial charge in [0.2, 0.25) is 0 Å². The number of nitrogens with zero attached hydrogens (tertiary/aromatic N) is 1. The fourth-order valence-electron chi connectivity index (χ4n) is 4.44. The zero-order valence-electron chi connectivity index (χ0n) is 17.1. The van der Waals surface area contributed by atoms with Crippen LogP contribution in [0.1, 0.15) is 43.9 Å². The van der Waals surface area contributed by atoms with Gasteiger partial charge in [-0.05, 0) is 54.7 Å². The summed E-state index contributed by atoms with van der Waals surface area (Å²) in [5.41, 5.74) is 4.62. The van der Waals surface area contributed by atoms with Crippen molar-refractivity contribution in [3.05, 3.63) is 71.1 Å². The minimum absolute atomic E-state index is 0.176. The molecule has 3 heterocycles. The SMILES string of the molecule is CCCC1=C2[C@@H](CC/C(=C/c3ccccc3O)c3ccccn3)OC[C@@H]2S(=O)(=O)C1. The van der Waals surface area contributed by atoms with E-state index in [4.69, 9.17) is 4.74 Å². The summed E-state index contributed by atoms with van der Waals surface area (Å²) in [4.78, 5) is 4.49. The Kier molecular flexibility index (Phi) is 6.06. The highest BCUT2D eigenvalue weighted by Gasteiger charge is 2.46. The number of fused-ring (bicyclic) bond motifs is 1. The van der Waals surface area contributed by atoms with Gasteiger partial charge in [-0.25, -0.2) is 8.42 Å². The summed E-state index contributed by atoms with van der Waals surface area (Å²) in [6.45, 7) is 2.34. The first kappa shape index (κ1) is 20.8. The van der Waals surface area contributed by atoms with E-state index < -0.39 is 15.1 Å². The van der Waals surface area contributed by atoms with Crippen molar-refractivity contribution in [3.63, 3.8) is 0 Å². The van der Waals surface area contributed by atoms with Crippen molar-refractivity contribution in [2.45, 2.75) is 44.0 Å². The van der Waals surface area contributed by atoms with Crippen molar-refractivity contribution < 1.29 is 18.3 Å². The van der Waals surface area contributed by atoms with Crippen molar-refractivity contribution in [2.75, 3.05) is 12.4 Å². The van der Waals surface area contributed by atoms with Crippen molar-refractivity contribution >= 4 is 21.5 Å². The molecule has 2 atom stereocenters. The molecule has 0 radical (unpaired) electrons. The van der Waals surface area contributed by atoms with Crippen LogP contribution in [0.5, 0.6) is 5.75 Å². The molecule has 1 N–H and O–H groups in total. The summed E-state index contributed by atoms with van der Waals surface area (Å²) in [5.74, 6) is 0.402. The number of hydrogen-bond acceptors (Lipinski definition) is 5. The van der Waals surface area contributed by atoms with E-state index in [1.54, 1.807) is 18.3 Å². The van der Waals surface area contributed by atoms with Crippen LogP contribution in [-0.4, -0.2) is 42.2 Å². The topological polar surface area (TPSA) is 76.5 Å². The minimum Gasteiger partial charge on any atom is -0.507 e. The summed E-state index contributed by atoms with van der Waals surface area (Å²) < 4.78 is 31.0. The van der Waals surface area contributed by atoms with E-state index in [9.17, 15) is 13.5 Å². The van der Waals surface area contributed by atoms with Crippen LogP contribution >= 0.6 is 0 Å². The third kappa shape index (κ3) is 4.20. The quantitative estimate of drug-likeness (QED) is 0.666. The van der Waals surface area contributed by atoms with E-state index in [-0.39, 0.29) is 24.2 Å². The van der Waals surface area contributed by atoms with Gasteiger partial charge in [-0.2, -0.15) is 0 Å². The Morgan fingerprint density at radius 3 is 2.77 bits per heavy atom. The van der Waals surface area contributed by atoms with Gasteiger partial charge in [0, 0.05) is 11.8 Å². The average Bonchev–Trinajstić information content (AvgIpc) is 3.27. The van der Waals surface area contributed by atoms with Crippen LogP contribution in [0.15, 0.2) is 59.8 Å². The maximum Gasteiger partial charge on any atom is 0.163 e. The highest BCUT2D eigenvalue weighted by molar-refractivity contribution is 7.92. The number of para-hydroxylation sites is 1. The minimum atomic E-state index is -3.13. The summed E-state index contributed by atoms with van der Waals surface area (Å²) >= 11 is 0. The maximum atomic E-state index is 12.5. The highest BCUT2D eigenvalue weighted by Crippen LogP contribution is 2.40. The average molecular weight is 426 g/mol. The van der Waals surface area contributed by atoms with Crippen LogP contribution in [-0.2, 0) is 14.6 Å². The van der Waals surface area contributed by atoms with E-state index >= 15 is 0 Å². The second-order valence-electron chi connectivity index (χ2n) is 7.91. The van der Waals surface area contributed by atoms with Gasteiger partial charge < -0.3 is 9.84 Å². The fourth-order valence-corrected chi connectivity index (χ4v) is 6.43. The number of allylic oxidation sites excluding steroid dienone is 1. The second-order valence-corrected chi connectivity index (χ2v) is 10.1. The number of aromatic nitrogens is 1. The number of hydrogen-bond donors (Lipinski definition) is 1. The number of phenolic OH excluding ortho intramolecular Hbond substituents is 1. The summed E-state index contributed by atoms with van der Waals surface area (Å²) in [5, 5.41) is 9.73. The first-order valence-corrected chi connectivity index (χ1v) is 12.2. The molecule has 1 aromatic heterocycles. The molecule has 1 saturated heterocycles. The van der Waals surface area contributed by atoms with Crippen LogP contribution in [0.25, 0.3) is 11.6 Å². The lowest BCUT2D eigenvalue weighted by Gasteiger charge is -2.15. The van der Waals surface area contributed by atoms with Crippen LogP contribution in [0.4, 0.5) is 0 Å². The Morgan fingerprint density at radius 1 is 1.23 bits per heavy atom. The number of aromatic hydroxyl groups is 1. The monoisotopic (exact) mass is 425 g/mol. The van der Waals surface area contributed by atoms with E-state index in [1.165, 1.54) is 0 Å². The van der Waals surface area contributed by atoms with Gasteiger partial charge in [0.05, 0.1) is 24.2 Å². The van der Waals surface area contributed by atoms with Crippen LogP contribution < -0.4 is 0 Å². The zero-order chi connectivity index (χ0) is 21.1. The summed E-state index contributed by atoms with van der Waals surface area (Å²) in [7, 11) is -3.13. The van der Waals surface area contributed by atoms with Gasteiger partial charge in [0.1, 0.15) is 11.0 Å². The smallest absolute Gasteiger partial charge is 0.163 e. The van der Waals surface area contributed by atoms with E-state index in [1.807, 2.05) is 36.4 Å². The van der Waals surface area contributed by atoms with E-state index in [0.29, 0.717) is 12.8 Å². The van der Waals surface area contributed by atoms with Gasteiger partial charge in [0.25, 0.3) is 0 Å². The molecule has 0 saturated carbocycles. The Bertz CT molecular complexity index is 1070. The molecule has 2 aliphatic heterocycles. The third-order valence-electron chi connectivity index (χ3n) is 5.85. The largest absolute Gasteiger partial charge is 0.507 e. The second kappa shape index (κ2) is 8.74. The predicted molar refractivity (Wildman–Crippen MR) is 119 cm³/mol. The fraction of sp³-hybridized carbons (Fsp3) is 0.375. The number of pyridine rings is 1. The number of phenols is 1. The molecule has 0 unspecified atom stereocenters. The third-order valence-corrected chi connectivity index (χ3v) is 7.86. The molecule has 30 heavy (non-hydrogen) atoms. The lowest BCUT2D eigenvalue weighted by Crippen LogP contribution is -2.19. The predicted octanol–water partition coefficient (Wildman–Crippen LogP) is 4.40. The molecule has 0 aliphatic carbocycles. The lowest BCUT2D eigenvalue weighted by atomic mass is 9.94. The molecule has 5 nitrogen and oxygen atoms in total.